The van der Waals surface area contributed by atoms with Gasteiger partial charge in [-0.25, -0.2) is 0 Å². The fourth-order valence-electron chi connectivity index (χ4n) is 2.04. The van der Waals surface area contributed by atoms with Gasteiger partial charge in [0.15, 0.2) is 5.56 Å². The molecule has 92 valence electrons. The Morgan fingerprint density at radius 2 is 2.35 bits per heavy atom. The largest absolute Gasteiger partial charge is 0.365 e. The van der Waals surface area contributed by atoms with E-state index in [1.54, 1.807) is 0 Å². The number of nitro groups is 1. The topological polar surface area (TPSA) is 115 Å². The Labute approximate surface area is 97.5 Å². The summed E-state index contributed by atoms with van der Waals surface area (Å²) in [4.78, 5) is 21.3. The predicted molar refractivity (Wildman–Crippen MR) is 59.5 cm³/mol. The summed E-state index contributed by atoms with van der Waals surface area (Å²) in [6, 6.07) is 0. The van der Waals surface area contributed by atoms with Gasteiger partial charge >= 0.3 is 5.82 Å². The smallest absolute Gasteiger partial charge is 0.355 e. The molecule has 1 aliphatic carbocycles. The van der Waals surface area contributed by atoms with E-state index in [1.807, 2.05) is 6.92 Å². The fourth-order valence-corrected chi connectivity index (χ4v) is 2.04. The number of hydrogen-bond acceptors (Lipinski definition) is 4. The Hall–Kier alpha value is -1.92. The minimum Gasteiger partial charge on any atom is -0.365 e. The number of carbonyl (C=O) groups is 1. The van der Waals surface area contributed by atoms with Crippen molar-refractivity contribution in [3.8, 4) is 0 Å². The van der Waals surface area contributed by atoms with Crippen LogP contribution >= 0.6 is 0 Å². The van der Waals surface area contributed by atoms with Crippen LogP contribution in [0, 0.1) is 16.0 Å². The number of nitrogens with one attached hydrogen (secondary N) is 1. The number of amides is 1. The zero-order valence-corrected chi connectivity index (χ0v) is 9.47. The number of nitrogens with zero attached hydrogens (tertiary/aromatic N) is 2. The Bertz CT molecular complexity index is 464. The maximum Gasteiger partial charge on any atom is 0.355 e. The third kappa shape index (κ3) is 2.27. The molecule has 1 unspecified atom stereocenters. The Kier molecular flexibility index (Phi) is 2.83. The zero-order valence-electron chi connectivity index (χ0n) is 9.47. The van der Waals surface area contributed by atoms with Crippen LogP contribution in [0.25, 0.3) is 0 Å². The van der Waals surface area contributed by atoms with E-state index >= 15 is 0 Å². The highest BCUT2D eigenvalue weighted by Crippen LogP contribution is 2.39. The van der Waals surface area contributed by atoms with E-state index in [0.717, 1.165) is 6.42 Å². The van der Waals surface area contributed by atoms with Gasteiger partial charge in [0.1, 0.15) is 5.69 Å². The van der Waals surface area contributed by atoms with Crippen LogP contribution in [-0.4, -0.2) is 21.0 Å². The second-order valence-corrected chi connectivity index (χ2v) is 4.53. The maximum atomic E-state index is 11.3. The molecule has 0 bridgehead atoms. The minimum absolute atomic E-state index is 0.00921. The van der Waals surface area contributed by atoms with Crippen molar-refractivity contribution >= 4 is 11.7 Å². The van der Waals surface area contributed by atoms with Gasteiger partial charge in [0, 0.05) is 5.92 Å². The van der Waals surface area contributed by atoms with E-state index in [4.69, 9.17) is 5.73 Å². The SMILES string of the molecule is CC(CC1CC1)c1n[nH]c([N+](=O)[O-])c1C(N)=O. The maximum absolute atomic E-state index is 11.3. The van der Waals surface area contributed by atoms with Gasteiger partial charge in [-0.15, -0.1) is 5.10 Å². The average Bonchev–Trinajstić information content (AvgIpc) is 2.93. The van der Waals surface area contributed by atoms with Gasteiger partial charge in [-0.1, -0.05) is 24.9 Å². The highest BCUT2D eigenvalue weighted by Gasteiger charge is 2.32. The van der Waals surface area contributed by atoms with Crippen molar-refractivity contribution in [3.05, 3.63) is 21.4 Å². The summed E-state index contributed by atoms with van der Waals surface area (Å²) in [5, 5.41) is 16.9. The van der Waals surface area contributed by atoms with E-state index < -0.39 is 16.6 Å². The van der Waals surface area contributed by atoms with E-state index in [-0.39, 0.29) is 11.5 Å². The van der Waals surface area contributed by atoms with Crippen LogP contribution in [0.3, 0.4) is 0 Å². The molecule has 0 radical (unpaired) electrons. The molecular formula is C10H14N4O3. The number of rotatable bonds is 5. The van der Waals surface area contributed by atoms with Crippen LogP contribution in [-0.2, 0) is 0 Å². The summed E-state index contributed by atoms with van der Waals surface area (Å²) in [5.74, 6) is -0.547. The molecule has 1 amide bonds. The van der Waals surface area contributed by atoms with Gasteiger partial charge < -0.3 is 15.8 Å². The van der Waals surface area contributed by atoms with Gasteiger partial charge in [-0.2, -0.15) is 0 Å². The van der Waals surface area contributed by atoms with Crippen molar-refractivity contribution in [1.29, 1.82) is 0 Å². The van der Waals surface area contributed by atoms with Crippen LogP contribution < -0.4 is 5.73 Å². The molecule has 1 fully saturated rings. The molecule has 7 heteroatoms. The first-order chi connectivity index (χ1) is 8.00. The van der Waals surface area contributed by atoms with E-state index in [1.165, 1.54) is 12.8 Å². The Balaban J connectivity index is 2.31. The molecule has 0 saturated heterocycles. The van der Waals surface area contributed by atoms with Gasteiger partial charge in [0.25, 0.3) is 5.91 Å². The summed E-state index contributed by atoms with van der Waals surface area (Å²) in [6.45, 7) is 1.91. The monoisotopic (exact) mass is 238 g/mol. The molecule has 2 rings (SSSR count). The van der Waals surface area contributed by atoms with Crippen LogP contribution in [0.4, 0.5) is 5.82 Å². The van der Waals surface area contributed by atoms with Gasteiger partial charge in [-0.3, -0.25) is 4.79 Å². The molecule has 0 aromatic carbocycles. The number of nitrogens with two attached hydrogens (primary N) is 1. The number of primary amides is 1. The number of aromatic nitrogens is 2. The lowest BCUT2D eigenvalue weighted by Gasteiger charge is -2.07. The summed E-state index contributed by atoms with van der Waals surface area (Å²) in [6.07, 6.45) is 3.26. The van der Waals surface area contributed by atoms with Crippen molar-refractivity contribution < 1.29 is 9.72 Å². The van der Waals surface area contributed by atoms with Crippen molar-refractivity contribution in [3.63, 3.8) is 0 Å². The summed E-state index contributed by atoms with van der Waals surface area (Å²) in [5.41, 5.74) is 5.51. The molecule has 1 saturated carbocycles. The predicted octanol–water partition coefficient (Wildman–Crippen LogP) is 1.32. The van der Waals surface area contributed by atoms with Crippen LogP contribution in [0.1, 0.15) is 48.2 Å². The second kappa shape index (κ2) is 4.15. The van der Waals surface area contributed by atoms with E-state index in [2.05, 4.69) is 10.2 Å². The lowest BCUT2D eigenvalue weighted by molar-refractivity contribution is -0.389. The van der Waals surface area contributed by atoms with Gasteiger partial charge in [0.05, 0.1) is 0 Å². The first-order valence-corrected chi connectivity index (χ1v) is 5.53. The molecule has 1 aromatic rings. The molecule has 1 aromatic heterocycles. The highest BCUT2D eigenvalue weighted by molar-refractivity contribution is 5.97. The van der Waals surface area contributed by atoms with Crippen molar-refractivity contribution in [2.75, 3.05) is 0 Å². The highest BCUT2D eigenvalue weighted by atomic mass is 16.6. The van der Waals surface area contributed by atoms with Crippen molar-refractivity contribution in [2.45, 2.75) is 32.1 Å². The molecule has 17 heavy (non-hydrogen) atoms. The number of aromatic amines is 1. The molecular weight excluding hydrogens is 224 g/mol. The standard InChI is InChI=1S/C10H14N4O3/c1-5(4-6-2-3-6)8-7(9(11)15)10(13-12-8)14(16)17/h5-6H,2-4H2,1H3,(H2,11,15)(H,12,13). The normalized spacial score (nSPS) is 16.8. The summed E-state index contributed by atoms with van der Waals surface area (Å²) >= 11 is 0. The first kappa shape index (κ1) is 11.6. The zero-order chi connectivity index (χ0) is 12.6. The Morgan fingerprint density at radius 3 is 2.82 bits per heavy atom. The summed E-state index contributed by atoms with van der Waals surface area (Å²) < 4.78 is 0. The number of hydrogen-bond donors (Lipinski definition) is 2. The van der Waals surface area contributed by atoms with E-state index in [0.29, 0.717) is 11.6 Å². The quantitative estimate of drug-likeness (QED) is 0.594. The number of carbonyl (C=O) groups excluding carboxylic acids is 1. The molecule has 1 aliphatic rings. The molecule has 0 aliphatic heterocycles. The Morgan fingerprint density at radius 1 is 1.71 bits per heavy atom. The molecule has 3 N–H and O–H groups in total. The van der Waals surface area contributed by atoms with Crippen LogP contribution in [0.5, 0.6) is 0 Å². The molecule has 0 spiro atoms. The number of H-pyrrole nitrogens is 1. The van der Waals surface area contributed by atoms with Gasteiger partial charge in [0.2, 0.25) is 0 Å². The second-order valence-electron chi connectivity index (χ2n) is 4.53. The van der Waals surface area contributed by atoms with E-state index in [9.17, 15) is 14.9 Å². The van der Waals surface area contributed by atoms with Crippen LogP contribution in [0.2, 0.25) is 0 Å². The van der Waals surface area contributed by atoms with Crippen molar-refractivity contribution in [2.24, 2.45) is 11.7 Å². The van der Waals surface area contributed by atoms with Crippen molar-refractivity contribution in [1.82, 2.24) is 10.2 Å². The van der Waals surface area contributed by atoms with Gasteiger partial charge in [-0.05, 0) is 17.3 Å². The first-order valence-electron chi connectivity index (χ1n) is 5.53. The summed E-state index contributed by atoms with van der Waals surface area (Å²) in [7, 11) is 0. The molecule has 7 nitrogen and oxygen atoms in total. The molecule has 1 atom stereocenters. The average molecular weight is 238 g/mol. The van der Waals surface area contributed by atoms with Crippen LogP contribution in [0.15, 0.2) is 0 Å². The third-order valence-electron chi connectivity index (χ3n) is 3.05. The molecule has 1 heterocycles. The minimum atomic E-state index is -0.803. The lowest BCUT2D eigenvalue weighted by atomic mass is 9.97. The third-order valence-corrected chi connectivity index (χ3v) is 3.05. The fraction of sp³-hybridized carbons (Fsp3) is 0.600. The lowest BCUT2D eigenvalue weighted by Crippen LogP contribution is -2.15.